The van der Waals surface area contributed by atoms with Gasteiger partial charge in [0, 0.05) is 12.0 Å². The zero-order valence-electron chi connectivity index (χ0n) is 16.6. The molecule has 0 bridgehead atoms. The van der Waals surface area contributed by atoms with Gasteiger partial charge in [0.05, 0.1) is 23.4 Å². The van der Waals surface area contributed by atoms with Gasteiger partial charge in [0.1, 0.15) is 5.83 Å². The molecule has 1 unspecified atom stereocenters. The van der Waals surface area contributed by atoms with Crippen LogP contribution in [0.2, 0.25) is 0 Å². The van der Waals surface area contributed by atoms with Crippen molar-refractivity contribution in [2.24, 2.45) is 5.73 Å². The van der Waals surface area contributed by atoms with E-state index in [1.165, 1.54) is 38.2 Å². The Hall–Kier alpha value is -2.14. The van der Waals surface area contributed by atoms with E-state index in [1.807, 2.05) is 25.5 Å². The van der Waals surface area contributed by atoms with E-state index in [2.05, 4.69) is 28.4 Å². The Bertz CT molecular complexity index is 691. The number of hydrogen-bond donors (Lipinski definition) is 2. The van der Waals surface area contributed by atoms with Crippen LogP contribution in [0.25, 0.3) is 5.70 Å². The first-order chi connectivity index (χ1) is 13.1. The third-order valence-electron chi connectivity index (χ3n) is 5.12. The summed E-state index contributed by atoms with van der Waals surface area (Å²) in [6.07, 6.45) is 17.2. The van der Waals surface area contributed by atoms with Gasteiger partial charge in [0.2, 0.25) is 0 Å². The van der Waals surface area contributed by atoms with E-state index in [4.69, 9.17) is 5.73 Å². The number of imidazole rings is 1. The van der Waals surface area contributed by atoms with Gasteiger partial charge < -0.3 is 15.6 Å². The van der Waals surface area contributed by atoms with Crippen molar-refractivity contribution < 1.29 is 4.39 Å². The van der Waals surface area contributed by atoms with Gasteiger partial charge in [-0.15, -0.1) is 0 Å². The molecule has 2 aliphatic carbocycles. The second-order valence-corrected chi connectivity index (χ2v) is 7.03. The van der Waals surface area contributed by atoms with Crippen molar-refractivity contribution in [3.8, 4) is 0 Å². The second kappa shape index (κ2) is 10.9. The molecule has 27 heavy (non-hydrogen) atoms. The molecular formula is C22H33FN4. The first-order valence-corrected chi connectivity index (χ1v) is 9.96. The first kappa shape index (κ1) is 21.2. The van der Waals surface area contributed by atoms with Crippen LogP contribution in [0.15, 0.2) is 49.1 Å². The predicted octanol–water partition coefficient (Wildman–Crippen LogP) is 5.00. The SMILES string of the molecule is C=C/C=C(\N)c1c(C2C=CC(F)=CC2)ncn1C1CCCCC1.CCNC. The number of aromatic nitrogens is 2. The summed E-state index contributed by atoms with van der Waals surface area (Å²) in [4.78, 5) is 4.65. The van der Waals surface area contributed by atoms with Crippen molar-refractivity contribution in [2.75, 3.05) is 13.6 Å². The third kappa shape index (κ3) is 5.67. The van der Waals surface area contributed by atoms with Crippen LogP contribution in [0.5, 0.6) is 0 Å². The fourth-order valence-corrected chi connectivity index (χ4v) is 3.58. The highest BCUT2D eigenvalue weighted by molar-refractivity contribution is 5.64. The minimum absolute atomic E-state index is 0.0751. The van der Waals surface area contributed by atoms with Gasteiger partial charge in [-0.2, -0.15) is 0 Å². The van der Waals surface area contributed by atoms with Crippen LogP contribution in [0, 0.1) is 0 Å². The molecule has 5 heteroatoms. The van der Waals surface area contributed by atoms with Gasteiger partial charge in [0.25, 0.3) is 0 Å². The van der Waals surface area contributed by atoms with E-state index in [9.17, 15) is 4.39 Å². The molecule has 2 aliphatic rings. The summed E-state index contributed by atoms with van der Waals surface area (Å²) in [7, 11) is 1.93. The maximum Gasteiger partial charge on any atom is 0.118 e. The number of nitrogens with two attached hydrogens (primary N) is 1. The van der Waals surface area contributed by atoms with Crippen molar-refractivity contribution in [3.05, 3.63) is 60.5 Å². The van der Waals surface area contributed by atoms with Crippen molar-refractivity contribution >= 4 is 5.70 Å². The lowest BCUT2D eigenvalue weighted by atomic mass is 9.92. The molecule has 3 N–H and O–H groups in total. The van der Waals surface area contributed by atoms with Gasteiger partial charge in [0.15, 0.2) is 0 Å². The zero-order valence-corrected chi connectivity index (χ0v) is 16.6. The fraction of sp³-hybridized carbons (Fsp3) is 0.500. The Morgan fingerprint density at radius 1 is 1.41 bits per heavy atom. The second-order valence-electron chi connectivity index (χ2n) is 7.03. The van der Waals surface area contributed by atoms with Crippen LogP contribution in [-0.4, -0.2) is 23.1 Å². The average Bonchev–Trinajstić information content (AvgIpc) is 3.15. The molecule has 0 aromatic carbocycles. The van der Waals surface area contributed by atoms with E-state index < -0.39 is 0 Å². The fourth-order valence-electron chi connectivity index (χ4n) is 3.58. The summed E-state index contributed by atoms with van der Waals surface area (Å²) in [5.74, 6) is -0.102. The van der Waals surface area contributed by atoms with Crippen molar-refractivity contribution in [3.63, 3.8) is 0 Å². The summed E-state index contributed by atoms with van der Waals surface area (Å²) in [6.45, 7) is 6.88. The van der Waals surface area contributed by atoms with Crippen molar-refractivity contribution in [1.29, 1.82) is 0 Å². The van der Waals surface area contributed by atoms with Gasteiger partial charge in [-0.3, -0.25) is 0 Å². The quantitative estimate of drug-likeness (QED) is 0.716. The standard InChI is InChI=1S/C19H24FN3.C3H9N/c1-2-6-17(21)19-18(14-9-11-15(20)12-10-14)22-13-23(19)16-7-4-3-5-8-16;1-3-4-2/h2,6,9,11-14,16H,1,3-5,7-8,10,21H2;4H,3H2,1-2H3/b17-6-;. The summed E-state index contributed by atoms with van der Waals surface area (Å²) >= 11 is 0. The lowest BCUT2D eigenvalue weighted by Crippen LogP contribution is -2.17. The average molecular weight is 373 g/mol. The molecule has 4 nitrogen and oxygen atoms in total. The number of rotatable bonds is 5. The normalized spacial score (nSPS) is 20.6. The summed E-state index contributed by atoms with van der Waals surface area (Å²) in [5, 5.41) is 2.93. The first-order valence-electron chi connectivity index (χ1n) is 9.96. The van der Waals surface area contributed by atoms with Crippen LogP contribution < -0.4 is 11.1 Å². The number of nitrogens with one attached hydrogen (secondary N) is 1. The molecule has 0 saturated heterocycles. The molecule has 1 atom stereocenters. The molecule has 1 aromatic rings. The highest BCUT2D eigenvalue weighted by Crippen LogP contribution is 2.35. The van der Waals surface area contributed by atoms with E-state index in [0.717, 1.165) is 17.9 Å². The number of hydrogen-bond acceptors (Lipinski definition) is 3. The topological polar surface area (TPSA) is 55.9 Å². The summed E-state index contributed by atoms with van der Waals surface area (Å²) in [6, 6.07) is 0.455. The van der Waals surface area contributed by atoms with E-state index in [0.29, 0.717) is 18.2 Å². The lowest BCUT2D eigenvalue weighted by Gasteiger charge is -2.26. The monoisotopic (exact) mass is 372 g/mol. The molecule has 0 aliphatic heterocycles. The van der Waals surface area contributed by atoms with Crippen LogP contribution >= 0.6 is 0 Å². The minimum Gasteiger partial charge on any atom is -0.397 e. The predicted molar refractivity (Wildman–Crippen MR) is 112 cm³/mol. The van der Waals surface area contributed by atoms with Gasteiger partial charge >= 0.3 is 0 Å². The molecule has 1 heterocycles. The van der Waals surface area contributed by atoms with Gasteiger partial charge in [-0.25, -0.2) is 9.37 Å². The number of nitrogens with zero attached hydrogens (tertiary/aromatic N) is 2. The van der Waals surface area contributed by atoms with Crippen LogP contribution in [0.3, 0.4) is 0 Å². The molecule has 0 spiro atoms. The van der Waals surface area contributed by atoms with Crippen molar-refractivity contribution in [1.82, 2.24) is 14.9 Å². The Morgan fingerprint density at radius 2 is 2.11 bits per heavy atom. The van der Waals surface area contributed by atoms with Crippen LogP contribution in [0.1, 0.15) is 68.8 Å². The molecule has 1 aromatic heterocycles. The molecule has 3 rings (SSSR count). The highest BCUT2D eigenvalue weighted by Gasteiger charge is 2.25. The Labute approximate surface area is 162 Å². The summed E-state index contributed by atoms with van der Waals surface area (Å²) < 4.78 is 15.5. The van der Waals surface area contributed by atoms with Gasteiger partial charge in [-0.05, 0) is 51.1 Å². The summed E-state index contributed by atoms with van der Waals surface area (Å²) in [5.41, 5.74) is 8.90. The molecule has 1 fully saturated rings. The maximum absolute atomic E-state index is 13.2. The Morgan fingerprint density at radius 3 is 2.67 bits per heavy atom. The maximum atomic E-state index is 13.2. The molecule has 1 saturated carbocycles. The third-order valence-corrected chi connectivity index (χ3v) is 5.12. The highest BCUT2D eigenvalue weighted by atomic mass is 19.1. The van der Waals surface area contributed by atoms with Crippen LogP contribution in [0.4, 0.5) is 4.39 Å². The molecule has 148 valence electrons. The largest absolute Gasteiger partial charge is 0.397 e. The van der Waals surface area contributed by atoms with E-state index >= 15 is 0 Å². The van der Waals surface area contributed by atoms with E-state index in [1.54, 1.807) is 12.2 Å². The number of allylic oxidation sites excluding steroid dienone is 6. The molecule has 0 radical (unpaired) electrons. The smallest absolute Gasteiger partial charge is 0.118 e. The van der Waals surface area contributed by atoms with Crippen molar-refractivity contribution in [2.45, 2.75) is 57.4 Å². The minimum atomic E-state index is -0.177. The number of halogens is 1. The zero-order chi connectivity index (χ0) is 19.6. The Balaban J connectivity index is 0.000000596. The van der Waals surface area contributed by atoms with Gasteiger partial charge in [-0.1, -0.05) is 44.9 Å². The lowest BCUT2D eigenvalue weighted by molar-refractivity contribution is 0.351. The molecular weight excluding hydrogens is 339 g/mol. The Kier molecular flexibility index (Phi) is 8.52. The van der Waals surface area contributed by atoms with E-state index in [-0.39, 0.29) is 11.7 Å². The van der Waals surface area contributed by atoms with Crippen LogP contribution in [-0.2, 0) is 0 Å². The molecule has 0 amide bonds.